The third-order valence-electron chi connectivity index (χ3n) is 4.87. The van der Waals surface area contributed by atoms with E-state index in [4.69, 9.17) is 11.5 Å². The number of carbonyl (C=O) groups is 2. The van der Waals surface area contributed by atoms with Crippen molar-refractivity contribution in [2.24, 2.45) is 4.99 Å². The second kappa shape index (κ2) is 9.75. The molecule has 0 radical (unpaired) electrons. The molecule has 1 heterocycles. The quantitative estimate of drug-likeness (QED) is 0.581. The summed E-state index contributed by atoms with van der Waals surface area (Å²) in [6.45, 7) is 0.888. The van der Waals surface area contributed by atoms with Crippen LogP contribution in [0.4, 0.5) is 24.5 Å². The SMILES string of the molecule is C#CCN(C(=O)c1ccc2c(c1)C=NC(C)N2)c1ccc(C(=O)NCC(O)C(F)(F)F)cc1. The fraction of sp³-hybridized carbons (Fsp3) is 0.261. The largest absolute Gasteiger partial charge is 0.416 e. The van der Waals surface area contributed by atoms with Crippen LogP contribution in [0.2, 0.25) is 0 Å². The molecule has 2 aromatic rings. The first-order valence-corrected chi connectivity index (χ1v) is 9.92. The van der Waals surface area contributed by atoms with Gasteiger partial charge in [-0.15, -0.1) is 6.42 Å². The van der Waals surface area contributed by atoms with E-state index in [0.717, 1.165) is 11.3 Å². The van der Waals surface area contributed by atoms with Crippen LogP contribution in [0, 0.1) is 12.3 Å². The average Bonchev–Trinajstić information content (AvgIpc) is 2.79. The molecule has 0 aromatic heterocycles. The highest BCUT2D eigenvalue weighted by Crippen LogP contribution is 2.24. The minimum Gasteiger partial charge on any atom is -0.382 e. The lowest BCUT2D eigenvalue weighted by Gasteiger charge is -2.23. The van der Waals surface area contributed by atoms with E-state index in [1.807, 2.05) is 12.2 Å². The van der Waals surface area contributed by atoms with E-state index in [1.165, 1.54) is 29.2 Å². The Labute approximate surface area is 188 Å². The zero-order chi connectivity index (χ0) is 24.2. The van der Waals surface area contributed by atoms with Gasteiger partial charge in [0.05, 0.1) is 13.1 Å². The molecular formula is C23H21F3N4O3. The molecule has 172 valence electrons. The fourth-order valence-corrected chi connectivity index (χ4v) is 3.12. The second-order valence-corrected chi connectivity index (χ2v) is 7.31. The lowest BCUT2D eigenvalue weighted by atomic mass is 10.1. The molecule has 0 fully saturated rings. The molecule has 0 spiro atoms. The molecule has 1 aliphatic rings. The van der Waals surface area contributed by atoms with Gasteiger partial charge in [0.25, 0.3) is 11.8 Å². The Morgan fingerprint density at radius 2 is 1.91 bits per heavy atom. The van der Waals surface area contributed by atoms with E-state index < -0.39 is 24.7 Å². The Hall–Kier alpha value is -3.84. The number of nitrogens with one attached hydrogen (secondary N) is 2. The number of aliphatic imine (C=N–C) groups is 1. The number of halogens is 3. The molecule has 0 aliphatic carbocycles. The molecule has 0 bridgehead atoms. The van der Waals surface area contributed by atoms with E-state index >= 15 is 0 Å². The first-order chi connectivity index (χ1) is 15.6. The van der Waals surface area contributed by atoms with Crippen LogP contribution in [-0.2, 0) is 0 Å². The molecule has 3 N–H and O–H groups in total. The smallest absolute Gasteiger partial charge is 0.382 e. The summed E-state index contributed by atoms with van der Waals surface area (Å²) in [5.74, 6) is 1.26. The van der Waals surface area contributed by atoms with E-state index in [0.29, 0.717) is 11.3 Å². The molecule has 1 aliphatic heterocycles. The number of hydrogen-bond donors (Lipinski definition) is 3. The Morgan fingerprint density at radius 1 is 1.24 bits per heavy atom. The Kier molecular flexibility index (Phi) is 7.04. The summed E-state index contributed by atoms with van der Waals surface area (Å²) in [7, 11) is 0. The van der Waals surface area contributed by atoms with Crippen molar-refractivity contribution >= 4 is 29.4 Å². The van der Waals surface area contributed by atoms with Gasteiger partial charge < -0.3 is 15.7 Å². The van der Waals surface area contributed by atoms with Crippen LogP contribution >= 0.6 is 0 Å². The van der Waals surface area contributed by atoms with Gasteiger partial charge in [-0.1, -0.05) is 5.92 Å². The topological polar surface area (TPSA) is 94.0 Å². The lowest BCUT2D eigenvalue weighted by Crippen LogP contribution is -2.40. The zero-order valence-corrected chi connectivity index (χ0v) is 17.6. The van der Waals surface area contributed by atoms with Crippen LogP contribution in [0.1, 0.15) is 33.2 Å². The number of hydrogen-bond acceptors (Lipinski definition) is 5. The van der Waals surface area contributed by atoms with Gasteiger partial charge in [-0.05, 0) is 49.4 Å². The van der Waals surface area contributed by atoms with Gasteiger partial charge in [0.1, 0.15) is 6.17 Å². The van der Waals surface area contributed by atoms with Gasteiger partial charge in [0, 0.05) is 34.3 Å². The summed E-state index contributed by atoms with van der Waals surface area (Å²) < 4.78 is 37.1. The predicted molar refractivity (Wildman–Crippen MR) is 118 cm³/mol. The number of carbonyl (C=O) groups excluding carboxylic acids is 2. The number of anilines is 2. The molecule has 33 heavy (non-hydrogen) atoms. The molecule has 10 heteroatoms. The number of aliphatic hydroxyl groups is 1. The number of alkyl halides is 3. The summed E-state index contributed by atoms with van der Waals surface area (Å²) in [6, 6.07) is 10.8. The van der Waals surface area contributed by atoms with Crippen molar-refractivity contribution < 1.29 is 27.9 Å². The first-order valence-electron chi connectivity index (χ1n) is 9.92. The number of amides is 2. The van der Waals surface area contributed by atoms with Crippen molar-refractivity contribution in [2.75, 3.05) is 23.3 Å². The third-order valence-corrected chi connectivity index (χ3v) is 4.87. The first kappa shape index (κ1) is 23.8. The van der Waals surface area contributed by atoms with Crippen molar-refractivity contribution in [3.63, 3.8) is 0 Å². The fourth-order valence-electron chi connectivity index (χ4n) is 3.12. The van der Waals surface area contributed by atoms with Crippen molar-refractivity contribution in [1.29, 1.82) is 0 Å². The van der Waals surface area contributed by atoms with Gasteiger partial charge in [0.2, 0.25) is 0 Å². The Balaban J connectivity index is 1.75. The van der Waals surface area contributed by atoms with Crippen LogP contribution < -0.4 is 15.5 Å². The third kappa shape index (κ3) is 5.70. The van der Waals surface area contributed by atoms with Gasteiger partial charge in [0.15, 0.2) is 6.10 Å². The van der Waals surface area contributed by atoms with Crippen LogP contribution in [0.15, 0.2) is 47.5 Å². The number of aliphatic hydroxyl groups excluding tert-OH is 1. The number of nitrogens with zero attached hydrogens (tertiary/aromatic N) is 2. The van der Waals surface area contributed by atoms with Gasteiger partial charge in [-0.3, -0.25) is 19.5 Å². The highest BCUT2D eigenvalue weighted by Gasteiger charge is 2.38. The van der Waals surface area contributed by atoms with E-state index in [-0.39, 0.29) is 24.2 Å². The van der Waals surface area contributed by atoms with Crippen molar-refractivity contribution in [2.45, 2.75) is 25.4 Å². The monoisotopic (exact) mass is 458 g/mol. The maximum atomic E-state index is 13.1. The summed E-state index contributed by atoms with van der Waals surface area (Å²) in [4.78, 5) is 30.8. The molecular weight excluding hydrogens is 437 g/mol. The minimum absolute atomic E-state index is 0.0391. The van der Waals surface area contributed by atoms with Crippen LogP contribution in [0.25, 0.3) is 0 Å². The number of fused-ring (bicyclic) bond motifs is 1. The van der Waals surface area contributed by atoms with E-state index in [9.17, 15) is 22.8 Å². The summed E-state index contributed by atoms with van der Waals surface area (Å²) in [5, 5.41) is 14.2. The molecule has 2 unspecified atom stereocenters. The maximum Gasteiger partial charge on any atom is 0.416 e. The van der Waals surface area contributed by atoms with Gasteiger partial charge in [-0.25, -0.2) is 0 Å². The normalized spacial score (nSPS) is 15.6. The van der Waals surface area contributed by atoms with E-state index in [1.54, 1.807) is 24.4 Å². The summed E-state index contributed by atoms with van der Waals surface area (Å²) in [6.07, 6.45) is -0.440. The number of benzene rings is 2. The van der Waals surface area contributed by atoms with Gasteiger partial charge >= 0.3 is 6.18 Å². The van der Waals surface area contributed by atoms with E-state index in [2.05, 4.69) is 16.2 Å². The molecule has 7 nitrogen and oxygen atoms in total. The lowest BCUT2D eigenvalue weighted by molar-refractivity contribution is -0.201. The minimum atomic E-state index is -4.83. The molecule has 2 amide bonds. The average molecular weight is 458 g/mol. The summed E-state index contributed by atoms with van der Waals surface area (Å²) >= 11 is 0. The highest BCUT2D eigenvalue weighted by molar-refractivity contribution is 6.08. The predicted octanol–water partition coefficient (Wildman–Crippen LogP) is 2.81. The number of terminal acetylenes is 1. The van der Waals surface area contributed by atoms with Crippen LogP contribution in [-0.4, -0.2) is 54.7 Å². The maximum absolute atomic E-state index is 13.1. The molecule has 2 aromatic carbocycles. The molecule has 2 atom stereocenters. The van der Waals surface area contributed by atoms with Crippen LogP contribution in [0.3, 0.4) is 0 Å². The van der Waals surface area contributed by atoms with Crippen molar-refractivity contribution in [3.8, 4) is 12.3 Å². The zero-order valence-electron chi connectivity index (χ0n) is 17.6. The van der Waals surface area contributed by atoms with Crippen molar-refractivity contribution in [3.05, 3.63) is 59.2 Å². The molecule has 3 rings (SSSR count). The summed E-state index contributed by atoms with van der Waals surface area (Å²) in [5.41, 5.74) is 2.46. The molecule has 0 saturated heterocycles. The number of rotatable bonds is 6. The van der Waals surface area contributed by atoms with Gasteiger partial charge in [-0.2, -0.15) is 13.2 Å². The Bertz CT molecular complexity index is 1110. The molecule has 0 saturated carbocycles. The standard InChI is InChI=1S/C23H21F3N4O3/c1-3-10-30(22(33)16-6-9-19-17(11-16)12-27-14(2)29-19)18-7-4-15(5-8-18)21(32)28-13-20(31)23(24,25)26/h1,4-9,11-12,14,20,29,31H,10,13H2,2H3,(H,28,32). The second-order valence-electron chi connectivity index (χ2n) is 7.31. The van der Waals surface area contributed by atoms with Crippen molar-refractivity contribution in [1.82, 2.24) is 5.32 Å². The van der Waals surface area contributed by atoms with Crippen LogP contribution in [0.5, 0.6) is 0 Å². The highest BCUT2D eigenvalue weighted by atomic mass is 19.4. The Morgan fingerprint density at radius 3 is 2.55 bits per heavy atom.